The second-order valence-corrected chi connectivity index (χ2v) is 4.45. The predicted molar refractivity (Wildman–Crippen MR) is 73.8 cm³/mol. The van der Waals surface area contributed by atoms with E-state index in [1.54, 1.807) is 0 Å². The van der Waals surface area contributed by atoms with Gasteiger partial charge in [-0.25, -0.2) is 0 Å². The van der Waals surface area contributed by atoms with Crippen LogP contribution in [0.2, 0.25) is 0 Å². The van der Waals surface area contributed by atoms with Crippen molar-refractivity contribution in [2.24, 2.45) is 5.11 Å². The van der Waals surface area contributed by atoms with E-state index >= 15 is 0 Å². The third-order valence-electron chi connectivity index (χ3n) is 2.92. The molecule has 0 aliphatic heterocycles. The largest absolute Gasteiger partial charge is 0.466 e. The first-order chi connectivity index (χ1) is 9.13. The Labute approximate surface area is 113 Å². The fourth-order valence-corrected chi connectivity index (χ4v) is 1.64. The molecule has 0 fully saturated rings. The number of hydrogen-bond donors (Lipinski definition) is 0. The summed E-state index contributed by atoms with van der Waals surface area (Å²) in [7, 11) is 0. The molecule has 0 N–H and O–H groups in total. The lowest BCUT2D eigenvalue weighted by Crippen LogP contribution is -2.07. The van der Waals surface area contributed by atoms with Crippen LogP contribution < -0.4 is 0 Å². The first-order valence-corrected chi connectivity index (χ1v) is 6.36. The molecule has 0 amide bonds. The van der Waals surface area contributed by atoms with Gasteiger partial charge in [-0.3, -0.25) is 4.79 Å². The van der Waals surface area contributed by atoms with Crippen molar-refractivity contribution < 1.29 is 9.53 Å². The van der Waals surface area contributed by atoms with E-state index in [0.29, 0.717) is 32.4 Å². The molecule has 0 heterocycles. The molecule has 102 valence electrons. The van der Waals surface area contributed by atoms with Gasteiger partial charge in [0.2, 0.25) is 0 Å². The van der Waals surface area contributed by atoms with Gasteiger partial charge in [0.25, 0.3) is 0 Å². The topological polar surface area (TPSA) is 75.1 Å². The normalized spacial score (nSPS) is 9.79. The van der Waals surface area contributed by atoms with Crippen molar-refractivity contribution >= 4 is 5.97 Å². The predicted octanol–water partition coefficient (Wildman–Crippen LogP) is 3.48. The summed E-state index contributed by atoms with van der Waals surface area (Å²) in [6.45, 7) is 4.80. The summed E-state index contributed by atoms with van der Waals surface area (Å²) in [6, 6.07) is 6.21. The van der Waals surface area contributed by atoms with Gasteiger partial charge in [-0.1, -0.05) is 23.3 Å². The monoisotopic (exact) mass is 261 g/mol. The quantitative estimate of drug-likeness (QED) is 0.248. The number of ether oxygens (including phenoxy) is 1. The lowest BCUT2D eigenvalue weighted by Gasteiger charge is -2.06. The van der Waals surface area contributed by atoms with Crippen LogP contribution in [0.3, 0.4) is 0 Å². The molecule has 0 spiro atoms. The molecule has 0 aliphatic carbocycles. The molecule has 19 heavy (non-hydrogen) atoms. The molecule has 1 rings (SSSR count). The van der Waals surface area contributed by atoms with Gasteiger partial charge in [-0.05, 0) is 48.9 Å². The number of aryl methyl sites for hydroxylation is 3. The van der Waals surface area contributed by atoms with Crippen molar-refractivity contribution in [2.75, 3.05) is 13.2 Å². The molecule has 5 nitrogen and oxygen atoms in total. The Balaban J connectivity index is 2.26. The summed E-state index contributed by atoms with van der Waals surface area (Å²) in [4.78, 5) is 14.1. The molecule has 1 aromatic carbocycles. The Morgan fingerprint density at radius 3 is 2.84 bits per heavy atom. The fraction of sp³-hybridized carbons (Fsp3) is 0.500. The van der Waals surface area contributed by atoms with Crippen LogP contribution >= 0.6 is 0 Å². The molecule has 0 radical (unpaired) electrons. The van der Waals surface area contributed by atoms with Gasteiger partial charge in [-0.15, -0.1) is 0 Å². The van der Waals surface area contributed by atoms with E-state index < -0.39 is 0 Å². The van der Waals surface area contributed by atoms with Crippen LogP contribution in [-0.4, -0.2) is 19.1 Å². The van der Waals surface area contributed by atoms with Crippen LogP contribution in [0, 0.1) is 13.8 Å². The van der Waals surface area contributed by atoms with E-state index in [0.717, 1.165) is 5.56 Å². The summed E-state index contributed by atoms with van der Waals surface area (Å²) in [5.41, 5.74) is 11.7. The second-order valence-electron chi connectivity index (χ2n) is 4.45. The minimum absolute atomic E-state index is 0.209. The van der Waals surface area contributed by atoms with Gasteiger partial charge in [-0.2, -0.15) is 0 Å². The van der Waals surface area contributed by atoms with Crippen LogP contribution in [0.5, 0.6) is 0 Å². The Hall–Kier alpha value is -2.00. The zero-order valence-electron chi connectivity index (χ0n) is 11.4. The Kier molecular flexibility index (Phi) is 6.47. The summed E-state index contributed by atoms with van der Waals surface area (Å²) < 4.78 is 5.04. The molecule has 0 saturated carbocycles. The maximum absolute atomic E-state index is 11.5. The van der Waals surface area contributed by atoms with Gasteiger partial charge in [0.15, 0.2) is 0 Å². The van der Waals surface area contributed by atoms with E-state index in [1.807, 2.05) is 6.07 Å². The smallest absolute Gasteiger partial charge is 0.306 e. The third-order valence-corrected chi connectivity index (χ3v) is 2.92. The highest BCUT2D eigenvalue weighted by atomic mass is 16.5. The number of nitrogens with zero attached hydrogens (tertiary/aromatic N) is 3. The summed E-state index contributed by atoms with van der Waals surface area (Å²) >= 11 is 0. The third kappa shape index (κ3) is 5.93. The van der Waals surface area contributed by atoms with Crippen LogP contribution in [0.4, 0.5) is 0 Å². The highest BCUT2D eigenvalue weighted by molar-refractivity contribution is 5.69. The van der Waals surface area contributed by atoms with Crippen molar-refractivity contribution in [1.82, 2.24) is 0 Å². The van der Waals surface area contributed by atoms with E-state index in [1.165, 1.54) is 11.1 Å². The highest BCUT2D eigenvalue weighted by Crippen LogP contribution is 2.11. The minimum Gasteiger partial charge on any atom is -0.466 e. The molecule has 0 aliphatic rings. The van der Waals surface area contributed by atoms with Gasteiger partial charge < -0.3 is 4.74 Å². The van der Waals surface area contributed by atoms with E-state index in [9.17, 15) is 4.79 Å². The average molecular weight is 261 g/mol. The van der Waals surface area contributed by atoms with Gasteiger partial charge in [0, 0.05) is 17.9 Å². The molecular formula is C14H19N3O2. The molecule has 0 aromatic heterocycles. The van der Waals surface area contributed by atoms with Crippen LogP contribution in [0.25, 0.3) is 10.4 Å². The molecular weight excluding hydrogens is 242 g/mol. The van der Waals surface area contributed by atoms with Crippen LogP contribution in [-0.2, 0) is 16.0 Å². The number of esters is 1. The summed E-state index contributed by atoms with van der Waals surface area (Å²) in [5.74, 6) is -0.209. The Morgan fingerprint density at radius 2 is 2.16 bits per heavy atom. The number of carbonyl (C=O) groups excluding carboxylic acids is 1. The summed E-state index contributed by atoms with van der Waals surface area (Å²) in [6.07, 6.45) is 1.64. The zero-order chi connectivity index (χ0) is 14.1. The van der Waals surface area contributed by atoms with Crippen molar-refractivity contribution in [3.63, 3.8) is 0 Å². The highest BCUT2D eigenvalue weighted by Gasteiger charge is 2.04. The van der Waals surface area contributed by atoms with E-state index in [2.05, 4.69) is 36.0 Å². The number of benzene rings is 1. The standard InChI is InChI=1S/C14H19N3O2/c1-11-4-5-13(10-12(11)2)6-7-14(18)19-9-3-8-16-17-15/h4-5,10H,3,6-9H2,1-2H3. The first kappa shape index (κ1) is 15.1. The maximum atomic E-state index is 11.5. The van der Waals surface area contributed by atoms with Gasteiger partial charge >= 0.3 is 5.97 Å². The van der Waals surface area contributed by atoms with Crippen molar-refractivity contribution in [3.8, 4) is 0 Å². The zero-order valence-corrected chi connectivity index (χ0v) is 11.4. The number of carbonyl (C=O) groups is 1. The van der Waals surface area contributed by atoms with Crippen LogP contribution in [0.15, 0.2) is 23.3 Å². The molecule has 0 saturated heterocycles. The summed E-state index contributed by atoms with van der Waals surface area (Å²) in [5, 5.41) is 3.37. The number of hydrogen-bond acceptors (Lipinski definition) is 3. The molecule has 1 aromatic rings. The lowest BCUT2D eigenvalue weighted by atomic mass is 10.0. The van der Waals surface area contributed by atoms with Crippen molar-refractivity contribution in [3.05, 3.63) is 45.3 Å². The Bertz CT molecular complexity index is 480. The average Bonchev–Trinajstić information content (AvgIpc) is 2.40. The molecule has 0 atom stereocenters. The Morgan fingerprint density at radius 1 is 1.37 bits per heavy atom. The maximum Gasteiger partial charge on any atom is 0.306 e. The lowest BCUT2D eigenvalue weighted by molar-refractivity contribution is -0.143. The van der Waals surface area contributed by atoms with E-state index in [4.69, 9.17) is 10.3 Å². The molecule has 0 unspecified atom stereocenters. The first-order valence-electron chi connectivity index (χ1n) is 6.36. The number of rotatable bonds is 7. The fourth-order valence-electron chi connectivity index (χ4n) is 1.64. The second kappa shape index (κ2) is 8.16. The van der Waals surface area contributed by atoms with Crippen molar-refractivity contribution in [1.29, 1.82) is 0 Å². The minimum atomic E-state index is -0.209. The SMILES string of the molecule is Cc1ccc(CCC(=O)OCCCN=[N+]=[N-])cc1C. The van der Waals surface area contributed by atoms with Crippen molar-refractivity contribution in [2.45, 2.75) is 33.1 Å². The number of azide groups is 1. The van der Waals surface area contributed by atoms with Gasteiger partial charge in [0.05, 0.1) is 6.61 Å². The van der Waals surface area contributed by atoms with Gasteiger partial charge in [0.1, 0.15) is 0 Å². The molecule has 0 bridgehead atoms. The molecule has 5 heteroatoms. The van der Waals surface area contributed by atoms with E-state index in [-0.39, 0.29) is 5.97 Å². The van der Waals surface area contributed by atoms with Crippen LogP contribution in [0.1, 0.15) is 29.5 Å².